The van der Waals surface area contributed by atoms with Gasteiger partial charge < -0.3 is 4.74 Å². The molecule has 8 heteroatoms. The van der Waals surface area contributed by atoms with Gasteiger partial charge in [0, 0.05) is 6.54 Å². The number of halogens is 2. The average Bonchev–Trinajstić information content (AvgIpc) is 2.55. The molecular weight excluding hydrogens is 352 g/mol. The first-order valence-corrected chi connectivity index (χ1v) is 8.77. The summed E-state index contributed by atoms with van der Waals surface area (Å²) >= 11 is 0. The molecule has 0 aliphatic heterocycles. The van der Waals surface area contributed by atoms with E-state index in [-0.39, 0.29) is 6.54 Å². The van der Waals surface area contributed by atoms with Gasteiger partial charge in [-0.25, -0.2) is 17.2 Å². The molecular formula is C17H17F2NO4S. The maximum Gasteiger partial charge on any atom is 0.321 e. The van der Waals surface area contributed by atoms with Crippen molar-refractivity contribution in [2.45, 2.75) is 18.4 Å². The monoisotopic (exact) mass is 369 g/mol. The number of nitrogens with zero attached hydrogens (tertiary/aromatic N) is 1. The molecule has 0 aliphatic rings. The number of hydrogen-bond acceptors (Lipinski definition) is 4. The van der Waals surface area contributed by atoms with Crippen LogP contribution in [0.25, 0.3) is 0 Å². The first-order chi connectivity index (χ1) is 11.8. The molecule has 0 amide bonds. The molecule has 0 atom stereocenters. The van der Waals surface area contributed by atoms with Gasteiger partial charge in [0.25, 0.3) is 0 Å². The first-order valence-electron chi connectivity index (χ1n) is 7.33. The Balaban J connectivity index is 2.51. The number of sulfonamides is 1. The highest BCUT2D eigenvalue weighted by Crippen LogP contribution is 2.24. The molecule has 0 unspecified atom stereocenters. The van der Waals surface area contributed by atoms with Crippen LogP contribution in [0.15, 0.2) is 47.4 Å². The third-order valence-electron chi connectivity index (χ3n) is 3.66. The number of ether oxygens (including phenoxy) is 1. The Bertz CT molecular complexity index is 864. The maximum absolute atomic E-state index is 14.0. The van der Waals surface area contributed by atoms with Crippen LogP contribution in [0.1, 0.15) is 11.1 Å². The summed E-state index contributed by atoms with van der Waals surface area (Å²) in [5.74, 6) is -3.28. The van der Waals surface area contributed by atoms with Crippen LogP contribution in [-0.4, -0.2) is 32.3 Å². The van der Waals surface area contributed by atoms with Gasteiger partial charge in [0.2, 0.25) is 10.0 Å². The Morgan fingerprint density at radius 3 is 2.24 bits per heavy atom. The fraction of sp³-hybridized carbons (Fsp3) is 0.235. The van der Waals surface area contributed by atoms with Crippen LogP contribution < -0.4 is 0 Å². The second kappa shape index (κ2) is 7.71. The summed E-state index contributed by atoms with van der Waals surface area (Å²) in [6, 6.07) is 9.67. The van der Waals surface area contributed by atoms with Crippen molar-refractivity contribution in [3.8, 4) is 0 Å². The van der Waals surface area contributed by atoms with Crippen molar-refractivity contribution in [3.63, 3.8) is 0 Å². The number of aryl methyl sites for hydroxylation is 1. The minimum atomic E-state index is -4.60. The SMILES string of the molecule is COC(=O)CN(Cc1ccccc1C)S(=O)(=O)c1c(F)cccc1F. The lowest BCUT2D eigenvalue weighted by Gasteiger charge is -2.22. The molecule has 2 aromatic carbocycles. The quantitative estimate of drug-likeness (QED) is 0.735. The normalized spacial score (nSPS) is 11.6. The summed E-state index contributed by atoms with van der Waals surface area (Å²) in [7, 11) is -3.50. The van der Waals surface area contributed by atoms with Crippen molar-refractivity contribution >= 4 is 16.0 Å². The van der Waals surface area contributed by atoms with E-state index in [9.17, 15) is 22.0 Å². The molecule has 2 aromatic rings. The molecule has 0 N–H and O–H groups in total. The van der Waals surface area contributed by atoms with Crippen molar-refractivity contribution in [2.24, 2.45) is 0 Å². The van der Waals surface area contributed by atoms with E-state index in [1.165, 1.54) is 0 Å². The van der Waals surface area contributed by atoms with Crippen molar-refractivity contribution in [3.05, 3.63) is 65.2 Å². The van der Waals surface area contributed by atoms with Gasteiger partial charge in [0.15, 0.2) is 4.90 Å². The number of carbonyl (C=O) groups is 1. The van der Waals surface area contributed by atoms with E-state index in [2.05, 4.69) is 4.74 Å². The highest BCUT2D eigenvalue weighted by Gasteiger charge is 2.32. The van der Waals surface area contributed by atoms with Gasteiger partial charge in [-0.1, -0.05) is 30.3 Å². The van der Waals surface area contributed by atoms with Crippen LogP contribution in [0.5, 0.6) is 0 Å². The van der Waals surface area contributed by atoms with Crippen LogP contribution in [0, 0.1) is 18.6 Å². The summed E-state index contributed by atoms with van der Waals surface area (Å²) in [6.07, 6.45) is 0. The number of carbonyl (C=O) groups excluding carboxylic acids is 1. The van der Waals surface area contributed by atoms with Gasteiger partial charge in [-0.15, -0.1) is 0 Å². The molecule has 0 spiro atoms. The number of esters is 1. The number of methoxy groups -OCH3 is 1. The lowest BCUT2D eigenvalue weighted by atomic mass is 10.1. The maximum atomic E-state index is 14.0. The van der Waals surface area contributed by atoms with Crippen LogP contribution >= 0.6 is 0 Å². The zero-order valence-electron chi connectivity index (χ0n) is 13.7. The molecule has 0 aliphatic carbocycles. The Morgan fingerprint density at radius 2 is 1.68 bits per heavy atom. The second-order valence-electron chi connectivity index (χ2n) is 5.33. The minimum absolute atomic E-state index is 0.224. The van der Waals surface area contributed by atoms with Crippen molar-refractivity contribution in [2.75, 3.05) is 13.7 Å². The van der Waals surface area contributed by atoms with Gasteiger partial charge in [-0.05, 0) is 30.2 Å². The summed E-state index contributed by atoms with van der Waals surface area (Å²) in [6.45, 7) is 0.876. The Hall–Kier alpha value is -2.32. The van der Waals surface area contributed by atoms with E-state index in [4.69, 9.17) is 0 Å². The van der Waals surface area contributed by atoms with Gasteiger partial charge in [0.05, 0.1) is 7.11 Å². The van der Waals surface area contributed by atoms with Crippen LogP contribution in [0.4, 0.5) is 8.78 Å². The third-order valence-corrected chi connectivity index (χ3v) is 5.50. The Morgan fingerprint density at radius 1 is 1.08 bits per heavy atom. The average molecular weight is 369 g/mol. The highest BCUT2D eigenvalue weighted by atomic mass is 32.2. The number of hydrogen-bond donors (Lipinski definition) is 0. The summed E-state index contributed by atoms with van der Waals surface area (Å²) in [5, 5.41) is 0. The summed E-state index contributed by atoms with van der Waals surface area (Å²) < 4.78 is 58.7. The Kier molecular flexibility index (Phi) is 5.86. The molecule has 0 saturated carbocycles. The largest absolute Gasteiger partial charge is 0.468 e. The molecule has 0 heterocycles. The topological polar surface area (TPSA) is 63.7 Å². The van der Waals surface area contributed by atoms with E-state index < -0.39 is 39.1 Å². The van der Waals surface area contributed by atoms with E-state index in [0.29, 0.717) is 9.87 Å². The second-order valence-corrected chi connectivity index (χ2v) is 7.20. The highest BCUT2D eigenvalue weighted by molar-refractivity contribution is 7.89. The number of rotatable bonds is 6. The predicted molar refractivity (Wildman–Crippen MR) is 87.1 cm³/mol. The van der Waals surface area contributed by atoms with E-state index in [0.717, 1.165) is 30.9 Å². The van der Waals surface area contributed by atoms with Crippen LogP contribution in [0.2, 0.25) is 0 Å². The molecule has 134 valence electrons. The lowest BCUT2D eigenvalue weighted by molar-refractivity contribution is -0.140. The van der Waals surface area contributed by atoms with E-state index >= 15 is 0 Å². The van der Waals surface area contributed by atoms with Crippen LogP contribution in [-0.2, 0) is 26.1 Å². The standard InChI is InChI=1S/C17H17F2NO4S/c1-12-6-3-4-7-13(12)10-20(11-16(21)24-2)25(22,23)17-14(18)8-5-9-15(17)19/h3-9H,10-11H2,1-2H3. The fourth-order valence-electron chi connectivity index (χ4n) is 2.27. The van der Waals surface area contributed by atoms with Gasteiger partial charge in [-0.3, -0.25) is 4.79 Å². The van der Waals surface area contributed by atoms with Gasteiger partial charge >= 0.3 is 5.97 Å². The van der Waals surface area contributed by atoms with E-state index in [1.54, 1.807) is 31.2 Å². The molecule has 0 fully saturated rings. The summed E-state index contributed by atoms with van der Waals surface area (Å²) in [4.78, 5) is 10.5. The molecule has 0 aromatic heterocycles. The van der Waals surface area contributed by atoms with Crippen LogP contribution in [0.3, 0.4) is 0 Å². The first kappa shape index (κ1) is 19.0. The molecule has 0 bridgehead atoms. The zero-order chi connectivity index (χ0) is 18.6. The van der Waals surface area contributed by atoms with Crippen molar-refractivity contribution < 1.29 is 26.7 Å². The fourth-order valence-corrected chi connectivity index (χ4v) is 3.74. The molecule has 5 nitrogen and oxygen atoms in total. The Labute approximate surface area is 144 Å². The van der Waals surface area contributed by atoms with E-state index in [1.807, 2.05) is 0 Å². The zero-order valence-corrected chi connectivity index (χ0v) is 14.5. The molecule has 0 radical (unpaired) electrons. The molecule has 25 heavy (non-hydrogen) atoms. The van der Waals surface area contributed by atoms with Crippen molar-refractivity contribution in [1.82, 2.24) is 4.31 Å². The lowest BCUT2D eigenvalue weighted by Crippen LogP contribution is -2.36. The number of benzene rings is 2. The third kappa shape index (κ3) is 4.21. The smallest absolute Gasteiger partial charge is 0.321 e. The molecule has 0 saturated heterocycles. The van der Waals surface area contributed by atoms with Gasteiger partial charge in [0.1, 0.15) is 18.2 Å². The van der Waals surface area contributed by atoms with Gasteiger partial charge in [-0.2, -0.15) is 4.31 Å². The molecule has 2 rings (SSSR count). The van der Waals surface area contributed by atoms with Crippen molar-refractivity contribution in [1.29, 1.82) is 0 Å². The summed E-state index contributed by atoms with van der Waals surface area (Å²) in [5.41, 5.74) is 1.38. The predicted octanol–water partition coefficient (Wildman–Crippen LogP) is 2.64. The minimum Gasteiger partial charge on any atom is -0.468 e.